The predicted octanol–water partition coefficient (Wildman–Crippen LogP) is 2.23. The van der Waals surface area contributed by atoms with Crippen molar-refractivity contribution >= 4 is 15.8 Å². The summed E-state index contributed by atoms with van der Waals surface area (Å²) in [5.41, 5.74) is 0. The molecular formula is C14H23N3O2S. The van der Waals surface area contributed by atoms with Gasteiger partial charge < -0.3 is 5.32 Å². The molecule has 3 unspecified atom stereocenters. The van der Waals surface area contributed by atoms with Crippen LogP contribution in [0.25, 0.3) is 0 Å². The summed E-state index contributed by atoms with van der Waals surface area (Å²) in [5, 5.41) is 2.87. The van der Waals surface area contributed by atoms with E-state index in [4.69, 9.17) is 0 Å². The van der Waals surface area contributed by atoms with Crippen LogP contribution in [0.1, 0.15) is 33.1 Å². The number of rotatable bonds is 4. The van der Waals surface area contributed by atoms with Gasteiger partial charge in [0.15, 0.2) is 0 Å². The molecule has 2 N–H and O–H groups in total. The average Bonchev–Trinajstić information content (AvgIpc) is 2.42. The molecule has 0 amide bonds. The van der Waals surface area contributed by atoms with E-state index in [0.29, 0.717) is 17.7 Å². The first-order valence-corrected chi connectivity index (χ1v) is 8.57. The molecule has 1 fully saturated rings. The van der Waals surface area contributed by atoms with Crippen molar-refractivity contribution in [3.8, 4) is 0 Å². The van der Waals surface area contributed by atoms with Crippen LogP contribution in [0.15, 0.2) is 23.2 Å². The van der Waals surface area contributed by atoms with E-state index in [2.05, 4.69) is 28.9 Å². The zero-order valence-electron chi connectivity index (χ0n) is 12.3. The van der Waals surface area contributed by atoms with E-state index in [1.54, 1.807) is 19.2 Å². The summed E-state index contributed by atoms with van der Waals surface area (Å²) in [4.78, 5) is 4.28. The lowest BCUT2D eigenvalue weighted by atomic mass is 9.80. The fourth-order valence-corrected chi connectivity index (χ4v) is 4.12. The van der Waals surface area contributed by atoms with E-state index in [1.807, 2.05) is 0 Å². The predicted molar refractivity (Wildman–Crippen MR) is 80.1 cm³/mol. The van der Waals surface area contributed by atoms with Gasteiger partial charge in [0.25, 0.3) is 0 Å². The number of pyridine rings is 1. The number of anilines is 1. The van der Waals surface area contributed by atoms with Gasteiger partial charge in [-0.05, 0) is 43.2 Å². The van der Waals surface area contributed by atoms with E-state index < -0.39 is 10.0 Å². The first-order chi connectivity index (χ1) is 9.42. The smallest absolute Gasteiger partial charge is 0.242 e. The van der Waals surface area contributed by atoms with Crippen LogP contribution >= 0.6 is 0 Å². The Balaban J connectivity index is 2.10. The van der Waals surface area contributed by atoms with Crippen molar-refractivity contribution in [3.63, 3.8) is 0 Å². The molecule has 3 atom stereocenters. The lowest BCUT2D eigenvalue weighted by molar-refractivity contribution is 0.249. The summed E-state index contributed by atoms with van der Waals surface area (Å²) in [7, 11) is -1.73. The number of hydrogen-bond donors (Lipinski definition) is 2. The Bertz CT molecular complexity index is 542. The van der Waals surface area contributed by atoms with E-state index in [1.165, 1.54) is 6.20 Å². The number of aromatic nitrogens is 1. The minimum Gasteiger partial charge on any atom is -0.373 e. The number of hydrogen-bond acceptors (Lipinski definition) is 4. The quantitative estimate of drug-likeness (QED) is 0.894. The first kappa shape index (κ1) is 15.3. The normalized spacial score (nSPS) is 27.2. The minimum atomic E-state index is -3.48. The molecule has 1 aromatic rings. The summed E-state index contributed by atoms with van der Waals surface area (Å²) in [6.45, 7) is 4.34. The Labute approximate surface area is 121 Å². The molecule has 1 aliphatic rings. The minimum absolute atomic E-state index is 0.0279. The third-order valence-electron chi connectivity index (χ3n) is 4.04. The van der Waals surface area contributed by atoms with E-state index in [-0.39, 0.29) is 10.9 Å². The summed E-state index contributed by atoms with van der Waals surface area (Å²) in [5.74, 6) is 1.71. The van der Waals surface area contributed by atoms with Gasteiger partial charge in [0.1, 0.15) is 10.7 Å². The Morgan fingerprint density at radius 3 is 2.55 bits per heavy atom. The van der Waals surface area contributed by atoms with Crippen LogP contribution in [0.2, 0.25) is 0 Å². The summed E-state index contributed by atoms with van der Waals surface area (Å²) in [6, 6.07) is 3.28. The van der Waals surface area contributed by atoms with Crippen molar-refractivity contribution < 1.29 is 8.42 Å². The third kappa shape index (κ3) is 3.49. The van der Waals surface area contributed by atoms with Crippen LogP contribution in [0.4, 0.5) is 5.82 Å². The Hall–Kier alpha value is -1.14. The monoisotopic (exact) mass is 297 g/mol. The molecule has 2 rings (SSSR count). The molecular weight excluding hydrogens is 274 g/mol. The van der Waals surface area contributed by atoms with Crippen molar-refractivity contribution in [1.82, 2.24) is 9.71 Å². The summed E-state index contributed by atoms with van der Waals surface area (Å²) in [6.07, 6.45) is 4.45. The van der Waals surface area contributed by atoms with Crippen LogP contribution in [-0.4, -0.2) is 26.5 Å². The lowest BCUT2D eigenvalue weighted by Gasteiger charge is -2.32. The third-order valence-corrected chi connectivity index (χ3v) is 5.52. The van der Waals surface area contributed by atoms with Crippen LogP contribution in [0.5, 0.6) is 0 Å². The molecule has 20 heavy (non-hydrogen) atoms. The van der Waals surface area contributed by atoms with Gasteiger partial charge in [-0.15, -0.1) is 0 Å². The van der Waals surface area contributed by atoms with Gasteiger partial charge >= 0.3 is 0 Å². The standard InChI is InChI=1S/C14H23N3O2S/c1-10-4-6-13(11(2)8-10)17-20(18,19)12-5-7-14(15-3)16-9-12/h5,7,9-11,13,17H,4,6,8H2,1-3H3,(H,15,16). The Morgan fingerprint density at radius 1 is 1.25 bits per heavy atom. The van der Waals surface area contributed by atoms with Crippen LogP contribution in [0, 0.1) is 11.8 Å². The highest BCUT2D eigenvalue weighted by Gasteiger charge is 2.29. The van der Waals surface area contributed by atoms with E-state index in [0.717, 1.165) is 19.3 Å². The van der Waals surface area contributed by atoms with Crippen LogP contribution < -0.4 is 10.0 Å². The zero-order valence-corrected chi connectivity index (χ0v) is 13.1. The van der Waals surface area contributed by atoms with Gasteiger partial charge in [-0.3, -0.25) is 0 Å². The zero-order chi connectivity index (χ0) is 14.8. The number of sulfonamides is 1. The summed E-state index contributed by atoms with van der Waals surface area (Å²) >= 11 is 0. The largest absolute Gasteiger partial charge is 0.373 e. The second-order valence-electron chi connectivity index (χ2n) is 5.75. The van der Waals surface area contributed by atoms with E-state index in [9.17, 15) is 8.42 Å². The molecule has 0 aromatic carbocycles. The number of nitrogens with zero attached hydrogens (tertiary/aromatic N) is 1. The summed E-state index contributed by atoms with van der Waals surface area (Å²) < 4.78 is 27.5. The van der Waals surface area contributed by atoms with Crippen molar-refractivity contribution in [2.24, 2.45) is 11.8 Å². The molecule has 1 saturated carbocycles. The first-order valence-electron chi connectivity index (χ1n) is 7.08. The molecule has 0 radical (unpaired) electrons. The molecule has 0 saturated heterocycles. The Kier molecular flexibility index (Phi) is 4.65. The highest BCUT2D eigenvalue weighted by atomic mass is 32.2. The molecule has 5 nitrogen and oxygen atoms in total. The van der Waals surface area contributed by atoms with Crippen molar-refractivity contribution in [1.29, 1.82) is 0 Å². The second kappa shape index (κ2) is 6.10. The maximum absolute atomic E-state index is 12.4. The lowest BCUT2D eigenvalue weighted by Crippen LogP contribution is -2.42. The van der Waals surface area contributed by atoms with Gasteiger partial charge in [-0.25, -0.2) is 18.1 Å². The van der Waals surface area contributed by atoms with Gasteiger partial charge in [0.2, 0.25) is 10.0 Å². The molecule has 1 aliphatic carbocycles. The average molecular weight is 297 g/mol. The molecule has 0 bridgehead atoms. The van der Waals surface area contributed by atoms with Gasteiger partial charge in [0, 0.05) is 19.3 Å². The molecule has 1 heterocycles. The maximum Gasteiger partial charge on any atom is 0.242 e. The molecule has 0 aliphatic heterocycles. The highest BCUT2D eigenvalue weighted by Crippen LogP contribution is 2.29. The Morgan fingerprint density at radius 2 is 2.00 bits per heavy atom. The van der Waals surface area contributed by atoms with Gasteiger partial charge in [-0.2, -0.15) is 0 Å². The SMILES string of the molecule is CNc1ccc(S(=O)(=O)NC2CCC(C)CC2C)cn1. The van der Waals surface area contributed by atoms with Crippen molar-refractivity contribution in [2.45, 2.75) is 44.0 Å². The van der Waals surface area contributed by atoms with Gasteiger partial charge in [0.05, 0.1) is 0 Å². The second-order valence-corrected chi connectivity index (χ2v) is 7.47. The van der Waals surface area contributed by atoms with Crippen LogP contribution in [0.3, 0.4) is 0 Å². The highest BCUT2D eigenvalue weighted by molar-refractivity contribution is 7.89. The van der Waals surface area contributed by atoms with Gasteiger partial charge in [-0.1, -0.05) is 13.8 Å². The topological polar surface area (TPSA) is 71.1 Å². The fourth-order valence-electron chi connectivity index (χ4n) is 2.79. The van der Waals surface area contributed by atoms with Crippen LogP contribution in [-0.2, 0) is 10.0 Å². The maximum atomic E-state index is 12.4. The van der Waals surface area contributed by atoms with E-state index >= 15 is 0 Å². The molecule has 0 spiro atoms. The molecule has 6 heteroatoms. The van der Waals surface area contributed by atoms with Crippen molar-refractivity contribution in [3.05, 3.63) is 18.3 Å². The molecule has 112 valence electrons. The van der Waals surface area contributed by atoms with Crippen molar-refractivity contribution in [2.75, 3.05) is 12.4 Å². The fraction of sp³-hybridized carbons (Fsp3) is 0.643. The number of nitrogens with one attached hydrogen (secondary N) is 2. The molecule has 1 aromatic heterocycles.